The van der Waals surface area contributed by atoms with Crippen molar-refractivity contribution in [3.05, 3.63) is 129 Å². The largest absolute Gasteiger partial charge is 0.353 e. The van der Waals surface area contributed by atoms with Gasteiger partial charge in [-0.1, -0.05) is 24.3 Å². The molecule has 4 aromatic carbocycles. The third kappa shape index (κ3) is 16.6. The van der Waals surface area contributed by atoms with Gasteiger partial charge in [0.2, 0.25) is 11.1 Å². The molecule has 0 bridgehead atoms. The van der Waals surface area contributed by atoms with E-state index < -0.39 is 57.5 Å². The van der Waals surface area contributed by atoms with Crippen LogP contribution in [0.2, 0.25) is 0 Å². The van der Waals surface area contributed by atoms with E-state index in [1.165, 1.54) is 18.4 Å². The van der Waals surface area contributed by atoms with Gasteiger partial charge in [0.15, 0.2) is 11.6 Å². The lowest BCUT2D eigenvalue weighted by Crippen LogP contribution is -2.43. The van der Waals surface area contributed by atoms with Gasteiger partial charge in [0, 0.05) is 102 Å². The fraction of sp³-hybridized carbons (Fsp3) is 0.429. The maximum atomic E-state index is 15.0. The minimum Gasteiger partial charge on any atom is -0.353 e. The van der Waals surface area contributed by atoms with E-state index in [2.05, 4.69) is 107 Å². The molecular formula is C63H82F4N14O5S. The first-order valence-electron chi connectivity index (χ1n) is 29.0. The number of benzene rings is 4. The summed E-state index contributed by atoms with van der Waals surface area (Å²) in [6.45, 7) is 31.4. The molecule has 8 rings (SSSR count). The van der Waals surface area contributed by atoms with Gasteiger partial charge in [-0.25, -0.2) is 51.9 Å². The first-order chi connectivity index (χ1) is 41.1. The van der Waals surface area contributed by atoms with E-state index in [1.807, 2.05) is 47.6 Å². The maximum Gasteiger partial charge on any atom is 0.328 e. The molecule has 1 atom stereocenters. The van der Waals surface area contributed by atoms with Crippen molar-refractivity contribution in [2.75, 3.05) is 47.6 Å². The van der Waals surface area contributed by atoms with Crippen molar-refractivity contribution in [1.82, 2.24) is 51.0 Å². The number of urea groups is 2. The highest BCUT2D eigenvalue weighted by Gasteiger charge is 2.37. The van der Waals surface area contributed by atoms with Crippen molar-refractivity contribution >= 4 is 63.6 Å². The topological polar surface area (TPSA) is 236 Å². The summed E-state index contributed by atoms with van der Waals surface area (Å²) in [5, 5.41) is 14.2. The summed E-state index contributed by atoms with van der Waals surface area (Å²) in [7, 11) is -1.68. The van der Waals surface area contributed by atoms with Gasteiger partial charge in [-0.3, -0.25) is 23.6 Å². The molecule has 87 heavy (non-hydrogen) atoms. The lowest BCUT2D eigenvalue weighted by atomic mass is 9.97. The molecule has 6 amide bonds. The Kier molecular flexibility index (Phi) is 23.6. The van der Waals surface area contributed by atoms with Crippen molar-refractivity contribution in [2.45, 2.75) is 151 Å². The average molecular weight is 1220 g/mol. The second-order valence-electron chi connectivity index (χ2n) is 22.8. The number of amides is 6. The molecule has 0 saturated carbocycles. The number of aryl methyl sites for hydroxylation is 2. The van der Waals surface area contributed by atoms with Gasteiger partial charge in [-0.2, -0.15) is 4.98 Å². The number of para-hydroxylation sites is 2. The maximum absolute atomic E-state index is 15.0. The Morgan fingerprint density at radius 2 is 0.989 bits per heavy atom. The molecule has 0 aliphatic carbocycles. The first-order valence-corrected chi connectivity index (χ1v) is 30.6. The van der Waals surface area contributed by atoms with Crippen LogP contribution in [0, 0.1) is 37.1 Å². The van der Waals surface area contributed by atoms with Crippen LogP contribution >= 0.6 is 0 Å². The van der Waals surface area contributed by atoms with Gasteiger partial charge in [0.05, 0.1) is 35.3 Å². The van der Waals surface area contributed by atoms with Crippen LogP contribution in [-0.4, -0.2) is 127 Å². The molecule has 24 heteroatoms. The Balaban J connectivity index is 0.000000243. The molecule has 0 saturated heterocycles. The van der Waals surface area contributed by atoms with E-state index >= 15 is 8.78 Å². The van der Waals surface area contributed by atoms with E-state index in [4.69, 9.17) is 10.7 Å². The highest BCUT2D eigenvalue weighted by Crippen LogP contribution is 2.41. The van der Waals surface area contributed by atoms with Crippen LogP contribution in [0.25, 0.3) is 22.5 Å². The quantitative estimate of drug-likeness (QED) is 0.0327. The van der Waals surface area contributed by atoms with Gasteiger partial charge < -0.3 is 32.3 Å². The Hall–Kier alpha value is -7.93. The average Bonchev–Trinajstić information content (AvgIpc) is 0.984. The van der Waals surface area contributed by atoms with Crippen LogP contribution in [0.4, 0.5) is 56.1 Å². The molecule has 0 radical (unpaired) electrons. The Bertz CT molecular complexity index is 3440. The number of hydrogen-bond acceptors (Lipinski definition) is 13. The smallest absolute Gasteiger partial charge is 0.328 e. The summed E-state index contributed by atoms with van der Waals surface area (Å²) in [5.41, 5.74) is 9.49. The molecular weight excluding hydrogens is 1140 g/mol. The van der Waals surface area contributed by atoms with Crippen molar-refractivity contribution in [2.24, 2.45) is 5.73 Å². The highest BCUT2D eigenvalue weighted by atomic mass is 32.2. The summed E-state index contributed by atoms with van der Waals surface area (Å²) >= 11 is 0. The fourth-order valence-electron chi connectivity index (χ4n) is 10.2. The molecule has 6 aromatic rings. The van der Waals surface area contributed by atoms with Crippen LogP contribution in [-0.2, 0) is 23.9 Å². The van der Waals surface area contributed by atoms with Crippen LogP contribution in [0.5, 0.6) is 0 Å². The van der Waals surface area contributed by atoms with Crippen molar-refractivity contribution in [3.63, 3.8) is 0 Å². The number of nitrogens with two attached hydrogens (primary N) is 1. The van der Waals surface area contributed by atoms with E-state index in [1.54, 1.807) is 30.3 Å². The summed E-state index contributed by atoms with van der Waals surface area (Å²) in [6.07, 6.45) is 1.36. The Morgan fingerprint density at radius 3 is 1.36 bits per heavy atom. The fourth-order valence-corrected chi connectivity index (χ4v) is 10.6. The normalized spacial score (nSPS) is 13.3. The molecule has 2 aliphatic heterocycles. The Labute approximate surface area is 510 Å². The molecule has 2 aromatic heterocycles. The van der Waals surface area contributed by atoms with Crippen LogP contribution < -0.4 is 42.1 Å². The number of rotatable bonds is 19. The number of fused-ring (bicyclic) bond motifs is 2. The van der Waals surface area contributed by atoms with Crippen LogP contribution in [0.15, 0.2) is 78.0 Å². The number of carbonyl (C=O) groups excluding carboxylic acids is 4. The minimum absolute atomic E-state index is 0.0332. The van der Waals surface area contributed by atoms with Gasteiger partial charge in [0.1, 0.15) is 34.6 Å². The second kappa shape index (κ2) is 30.1. The van der Waals surface area contributed by atoms with Gasteiger partial charge in [-0.05, 0) is 157 Å². The summed E-state index contributed by atoms with van der Waals surface area (Å²) in [4.78, 5) is 76.0. The zero-order valence-electron chi connectivity index (χ0n) is 52.3. The lowest BCUT2D eigenvalue weighted by Gasteiger charge is -2.32. The molecule has 4 heterocycles. The SMILES string of the molecule is CC(C)N(CCN)C(C)C.Cc1ccc(C(=O)NC(C)C)cc1-c1nc(NCCN(C(C)C)C(C)C)nc2c1CNC(=O)N2c1c(F)cccc1F.Cc1ccc(C(=O)NC(C)C)cc1-c1nc(S(C)=O)nc2c1CNC(=O)N2c1c(F)cccc1F. The van der Waals surface area contributed by atoms with E-state index in [-0.39, 0.29) is 59.7 Å². The molecule has 0 fully saturated rings. The summed E-state index contributed by atoms with van der Waals surface area (Å²) in [6, 6.07) is 17.3. The number of hydrogen-bond donors (Lipinski definition) is 6. The van der Waals surface area contributed by atoms with Gasteiger partial charge in [-0.15, -0.1) is 0 Å². The predicted molar refractivity (Wildman–Crippen MR) is 335 cm³/mol. The van der Waals surface area contributed by atoms with Crippen molar-refractivity contribution in [1.29, 1.82) is 0 Å². The Morgan fingerprint density at radius 1 is 0.598 bits per heavy atom. The number of aromatic nitrogens is 4. The number of anilines is 5. The second-order valence-corrected chi connectivity index (χ2v) is 24.1. The van der Waals surface area contributed by atoms with E-state index in [0.717, 1.165) is 58.3 Å². The van der Waals surface area contributed by atoms with Gasteiger partial charge >= 0.3 is 12.1 Å². The zero-order valence-corrected chi connectivity index (χ0v) is 53.1. The monoisotopic (exact) mass is 1220 g/mol. The van der Waals surface area contributed by atoms with Crippen LogP contribution in [0.3, 0.4) is 0 Å². The first kappa shape index (κ1) is 68.2. The molecule has 0 spiro atoms. The van der Waals surface area contributed by atoms with Crippen molar-refractivity contribution < 1.29 is 40.9 Å². The molecule has 468 valence electrons. The number of carbonyl (C=O) groups is 4. The zero-order chi connectivity index (χ0) is 64.3. The molecule has 2 aliphatic rings. The van der Waals surface area contributed by atoms with E-state index in [0.29, 0.717) is 82.0 Å². The third-order valence-electron chi connectivity index (χ3n) is 14.2. The lowest BCUT2D eigenvalue weighted by molar-refractivity contribution is 0.0934. The third-order valence-corrected chi connectivity index (χ3v) is 14.9. The summed E-state index contributed by atoms with van der Waals surface area (Å²) in [5.74, 6) is -4.07. The molecule has 19 nitrogen and oxygen atoms in total. The van der Waals surface area contributed by atoms with Crippen molar-refractivity contribution in [3.8, 4) is 22.5 Å². The molecule has 7 N–H and O–H groups in total. The number of nitrogens with one attached hydrogen (secondary N) is 5. The standard InChI is InChI=1S/C31H39F2N7O2.C24H23F2N5O3S.C8H20N2/c1-17(2)36-29(41)21-12-11-20(7)22(15-21)26-23-16-35-31(42)40(27-24(32)9-8-10-25(27)33)28(23)38-30(37-26)34-13-14-39(18(3)4)19(5)6;1-12(2)28-22(32)14-9-8-13(3)15(10-14)19-16-11-27-24(33)31(20-17(25)6-5-7-18(20)26)21(16)30-23(29-19)35(4)34;1-7(2)10(6-5-9)8(3)4/h8-12,15,17-19H,13-14,16H2,1-7H3,(H,35,42)(H,36,41)(H,34,37,38);5-10,12H,11H2,1-4H3,(H,27,33)(H,28,32);7-8H,5-6,9H2,1-4H3. The number of halogens is 4. The van der Waals surface area contributed by atoms with E-state index in [9.17, 15) is 32.2 Å². The minimum atomic E-state index is -1.68. The van der Waals surface area contributed by atoms with Crippen LogP contribution in [0.1, 0.15) is 126 Å². The predicted octanol–water partition coefficient (Wildman–Crippen LogP) is 10.8. The summed E-state index contributed by atoms with van der Waals surface area (Å²) < 4.78 is 71.8. The van der Waals surface area contributed by atoms with Gasteiger partial charge in [0.25, 0.3) is 11.8 Å². The highest BCUT2D eigenvalue weighted by molar-refractivity contribution is 7.84. The number of nitrogens with zero attached hydrogens (tertiary/aromatic N) is 8. The molecule has 1 unspecified atom stereocenters.